The van der Waals surface area contributed by atoms with Crippen molar-refractivity contribution in [2.45, 2.75) is 18.2 Å². The number of ether oxygens (including phenoxy) is 1. The molecule has 0 aliphatic heterocycles. The van der Waals surface area contributed by atoms with Gasteiger partial charge in [-0.2, -0.15) is 0 Å². The SMILES string of the molecule is CCCOc1ccc(N(CC(=O)O)S(=O)(=O)c2cc(Cl)ccc2Cl)cc1. The zero-order valence-electron chi connectivity index (χ0n) is 13.9. The van der Waals surface area contributed by atoms with E-state index in [1.165, 1.54) is 30.3 Å². The third kappa shape index (κ3) is 4.81. The smallest absolute Gasteiger partial charge is 0.324 e. The molecular weight excluding hydrogens is 401 g/mol. The minimum atomic E-state index is -4.24. The zero-order valence-corrected chi connectivity index (χ0v) is 16.2. The van der Waals surface area contributed by atoms with E-state index in [4.69, 9.17) is 33.0 Å². The largest absolute Gasteiger partial charge is 0.494 e. The van der Waals surface area contributed by atoms with Crippen molar-refractivity contribution in [3.05, 3.63) is 52.5 Å². The van der Waals surface area contributed by atoms with Gasteiger partial charge in [-0.15, -0.1) is 0 Å². The lowest BCUT2D eigenvalue weighted by atomic mass is 10.3. The second-order valence-corrected chi connectivity index (χ2v) is 8.00. The van der Waals surface area contributed by atoms with Gasteiger partial charge in [-0.25, -0.2) is 8.42 Å². The summed E-state index contributed by atoms with van der Waals surface area (Å²) in [6, 6.07) is 10.1. The van der Waals surface area contributed by atoms with Gasteiger partial charge < -0.3 is 9.84 Å². The molecule has 0 fully saturated rings. The number of rotatable bonds is 8. The molecule has 2 rings (SSSR count). The van der Waals surface area contributed by atoms with Crippen molar-refractivity contribution in [3.63, 3.8) is 0 Å². The molecule has 0 unspecified atom stereocenters. The van der Waals surface area contributed by atoms with Crippen LogP contribution in [0.25, 0.3) is 0 Å². The molecule has 0 spiro atoms. The Bertz CT molecular complexity index is 885. The number of benzene rings is 2. The molecule has 0 saturated carbocycles. The maximum atomic E-state index is 13.0. The summed E-state index contributed by atoms with van der Waals surface area (Å²) in [5.41, 5.74) is 0.173. The van der Waals surface area contributed by atoms with E-state index in [9.17, 15) is 13.2 Å². The van der Waals surface area contributed by atoms with Crippen LogP contribution in [0.5, 0.6) is 5.75 Å². The minimum Gasteiger partial charge on any atom is -0.494 e. The summed E-state index contributed by atoms with van der Waals surface area (Å²) in [5.74, 6) is -0.748. The number of hydrogen-bond acceptors (Lipinski definition) is 4. The zero-order chi connectivity index (χ0) is 19.3. The van der Waals surface area contributed by atoms with Crippen molar-refractivity contribution in [2.75, 3.05) is 17.5 Å². The first kappa shape index (κ1) is 20.4. The summed E-state index contributed by atoms with van der Waals surface area (Å²) >= 11 is 11.9. The van der Waals surface area contributed by atoms with E-state index >= 15 is 0 Å². The van der Waals surface area contributed by atoms with Crippen LogP contribution in [0.15, 0.2) is 47.4 Å². The van der Waals surface area contributed by atoms with E-state index in [-0.39, 0.29) is 20.6 Å². The minimum absolute atomic E-state index is 0.0484. The predicted octanol–water partition coefficient (Wildman–Crippen LogP) is 4.06. The average molecular weight is 418 g/mol. The third-order valence-electron chi connectivity index (χ3n) is 3.34. The topological polar surface area (TPSA) is 83.9 Å². The maximum absolute atomic E-state index is 13.0. The van der Waals surface area contributed by atoms with Crippen LogP contribution in [0.1, 0.15) is 13.3 Å². The Morgan fingerprint density at radius 3 is 2.38 bits per heavy atom. The van der Waals surface area contributed by atoms with Gasteiger partial charge in [-0.05, 0) is 48.9 Å². The van der Waals surface area contributed by atoms with Gasteiger partial charge in [-0.3, -0.25) is 9.10 Å². The maximum Gasteiger partial charge on any atom is 0.324 e. The van der Waals surface area contributed by atoms with E-state index in [0.29, 0.717) is 12.4 Å². The highest BCUT2D eigenvalue weighted by Crippen LogP contribution is 2.31. The van der Waals surface area contributed by atoms with Crippen molar-refractivity contribution < 1.29 is 23.1 Å². The molecule has 0 aliphatic carbocycles. The van der Waals surface area contributed by atoms with E-state index in [1.54, 1.807) is 12.1 Å². The molecule has 140 valence electrons. The normalized spacial score (nSPS) is 11.2. The number of sulfonamides is 1. The Morgan fingerprint density at radius 1 is 1.15 bits per heavy atom. The number of aliphatic carboxylic acids is 1. The molecule has 2 aromatic rings. The first-order valence-corrected chi connectivity index (χ1v) is 9.87. The average Bonchev–Trinajstić information content (AvgIpc) is 2.60. The van der Waals surface area contributed by atoms with Crippen molar-refractivity contribution in [2.24, 2.45) is 0 Å². The van der Waals surface area contributed by atoms with Gasteiger partial charge in [0.2, 0.25) is 0 Å². The third-order valence-corrected chi connectivity index (χ3v) is 5.83. The number of carbonyl (C=O) groups is 1. The number of halogens is 2. The van der Waals surface area contributed by atoms with E-state index in [0.717, 1.165) is 10.7 Å². The Kier molecular flexibility index (Phi) is 6.75. The molecule has 0 aliphatic rings. The highest BCUT2D eigenvalue weighted by molar-refractivity contribution is 7.93. The standard InChI is InChI=1S/C17H17Cl2NO5S/c1-2-9-25-14-6-4-13(5-7-14)20(11-17(21)22)26(23,24)16-10-12(18)3-8-15(16)19/h3-8,10H,2,9,11H2,1H3,(H,21,22). The van der Waals surface area contributed by atoms with Gasteiger partial charge in [0.1, 0.15) is 17.2 Å². The van der Waals surface area contributed by atoms with Crippen LogP contribution in [-0.4, -0.2) is 32.6 Å². The highest BCUT2D eigenvalue weighted by Gasteiger charge is 2.29. The molecule has 2 aromatic carbocycles. The highest BCUT2D eigenvalue weighted by atomic mass is 35.5. The fraction of sp³-hybridized carbons (Fsp3) is 0.235. The fourth-order valence-corrected chi connectivity index (χ4v) is 4.31. The Balaban J connectivity index is 2.46. The van der Waals surface area contributed by atoms with Crippen LogP contribution in [0, 0.1) is 0 Å². The Morgan fingerprint density at radius 2 is 1.81 bits per heavy atom. The van der Waals surface area contributed by atoms with Crippen LogP contribution in [0.3, 0.4) is 0 Å². The number of hydrogen-bond donors (Lipinski definition) is 1. The van der Waals surface area contributed by atoms with Crippen LogP contribution in [-0.2, 0) is 14.8 Å². The van der Waals surface area contributed by atoms with E-state index in [1.807, 2.05) is 6.92 Å². The summed E-state index contributed by atoms with van der Waals surface area (Å²) in [6.45, 7) is 1.72. The fourth-order valence-electron chi connectivity index (χ4n) is 2.16. The number of nitrogens with zero attached hydrogens (tertiary/aromatic N) is 1. The molecule has 0 bridgehead atoms. The quantitative estimate of drug-likeness (QED) is 0.699. The van der Waals surface area contributed by atoms with Crippen LogP contribution in [0.4, 0.5) is 5.69 Å². The predicted molar refractivity (Wildman–Crippen MR) is 101 cm³/mol. The van der Waals surface area contributed by atoms with Gasteiger partial charge in [-0.1, -0.05) is 30.1 Å². The van der Waals surface area contributed by atoms with Crippen molar-refractivity contribution in [1.29, 1.82) is 0 Å². The number of carboxylic acids is 1. The summed E-state index contributed by atoms with van der Waals surface area (Å²) < 4.78 is 32.2. The summed E-state index contributed by atoms with van der Waals surface area (Å²) in [6.07, 6.45) is 0.828. The number of carboxylic acid groups (broad SMARTS) is 1. The molecule has 0 heterocycles. The van der Waals surface area contributed by atoms with Gasteiger partial charge in [0.25, 0.3) is 10.0 Å². The molecule has 1 N–H and O–H groups in total. The molecule has 26 heavy (non-hydrogen) atoms. The van der Waals surface area contributed by atoms with Crippen molar-refractivity contribution in [3.8, 4) is 5.75 Å². The second kappa shape index (κ2) is 8.62. The van der Waals surface area contributed by atoms with Gasteiger partial charge >= 0.3 is 5.97 Å². The molecule has 0 aromatic heterocycles. The molecular formula is C17H17Cl2NO5S. The Labute approximate surface area is 162 Å². The first-order valence-electron chi connectivity index (χ1n) is 7.68. The lowest BCUT2D eigenvalue weighted by molar-refractivity contribution is -0.135. The molecule has 6 nitrogen and oxygen atoms in total. The molecule has 0 saturated heterocycles. The molecule has 0 atom stereocenters. The van der Waals surface area contributed by atoms with Crippen molar-refractivity contribution in [1.82, 2.24) is 0 Å². The monoisotopic (exact) mass is 417 g/mol. The van der Waals surface area contributed by atoms with Crippen LogP contribution in [0.2, 0.25) is 10.0 Å². The van der Waals surface area contributed by atoms with Gasteiger partial charge in [0, 0.05) is 5.02 Å². The Hall–Kier alpha value is -1.96. The second-order valence-electron chi connectivity index (χ2n) is 5.32. The molecule has 9 heteroatoms. The number of anilines is 1. The first-order chi connectivity index (χ1) is 12.3. The van der Waals surface area contributed by atoms with E-state index < -0.39 is 22.5 Å². The lowest BCUT2D eigenvalue weighted by Crippen LogP contribution is -2.35. The lowest BCUT2D eigenvalue weighted by Gasteiger charge is -2.23. The molecule has 0 radical (unpaired) electrons. The van der Waals surface area contributed by atoms with E-state index in [2.05, 4.69) is 0 Å². The van der Waals surface area contributed by atoms with Gasteiger partial charge in [0.15, 0.2) is 0 Å². The van der Waals surface area contributed by atoms with Crippen LogP contribution >= 0.6 is 23.2 Å². The van der Waals surface area contributed by atoms with Crippen molar-refractivity contribution >= 4 is 44.9 Å². The summed E-state index contributed by atoms with van der Waals surface area (Å²) in [7, 11) is -4.24. The van der Waals surface area contributed by atoms with Gasteiger partial charge in [0.05, 0.1) is 17.3 Å². The summed E-state index contributed by atoms with van der Waals surface area (Å²) in [4.78, 5) is 11.0. The van der Waals surface area contributed by atoms with Crippen LogP contribution < -0.4 is 9.04 Å². The molecule has 0 amide bonds. The summed E-state index contributed by atoms with van der Waals surface area (Å²) in [5, 5.41) is 9.28.